The van der Waals surface area contributed by atoms with E-state index in [-0.39, 0.29) is 45.4 Å². The van der Waals surface area contributed by atoms with Gasteiger partial charge in [-0.2, -0.15) is 0 Å². The van der Waals surface area contributed by atoms with Crippen molar-refractivity contribution in [3.63, 3.8) is 0 Å². The number of carbonyl (C=O) groups excluding carboxylic acids is 1. The minimum Gasteiger partial charge on any atom is -0.494 e. The number of rotatable bonds is 5. The Kier molecular flexibility index (Phi) is 8.12. The highest BCUT2D eigenvalue weighted by molar-refractivity contribution is 6.34. The summed E-state index contributed by atoms with van der Waals surface area (Å²) in [5, 5.41) is 2.48. The number of benzene rings is 3. The van der Waals surface area contributed by atoms with Crippen LogP contribution in [0, 0.1) is 11.6 Å². The number of fused-ring (bicyclic) bond motifs is 1. The number of nitrogens with two attached hydrogens (primary N) is 1. The van der Waals surface area contributed by atoms with Crippen LogP contribution in [0.4, 0.5) is 8.78 Å². The Morgan fingerprint density at radius 3 is 2.44 bits per heavy atom. The fourth-order valence-electron chi connectivity index (χ4n) is 3.93. The number of ether oxygens (including phenoxy) is 2. The zero-order valence-corrected chi connectivity index (χ0v) is 20.2. The Morgan fingerprint density at radius 1 is 1.15 bits per heavy atom. The van der Waals surface area contributed by atoms with Crippen LogP contribution in [0.25, 0.3) is 11.1 Å². The maximum atomic E-state index is 15.6. The monoisotopic (exact) mass is 488 g/mol. The lowest BCUT2D eigenvalue weighted by Crippen LogP contribution is -2.30. The second kappa shape index (κ2) is 10.8. The number of nitrogens with one attached hydrogen (secondary N) is 1. The molecule has 1 aliphatic rings. The molecule has 0 fully saturated rings. The molecule has 0 aliphatic carbocycles. The molecule has 8 heteroatoms. The van der Waals surface area contributed by atoms with Gasteiger partial charge in [0, 0.05) is 35.2 Å². The zero-order valence-electron chi connectivity index (χ0n) is 19.4. The predicted octanol–water partition coefficient (Wildman–Crippen LogP) is 5.68. The zero-order chi connectivity index (χ0) is 25.0. The second-order valence-corrected chi connectivity index (χ2v) is 8.26. The van der Waals surface area contributed by atoms with E-state index < -0.39 is 17.5 Å². The van der Waals surface area contributed by atoms with Gasteiger partial charge in [-0.15, -0.1) is 0 Å². The number of hydrogen-bond donors (Lipinski definition) is 2. The first-order valence-electron chi connectivity index (χ1n) is 10.8. The molecule has 3 N–H and O–H groups in total. The van der Waals surface area contributed by atoms with Crippen LogP contribution >= 0.6 is 11.6 Å². The first-order chi connectivity index (χ1) is 16.3. The highest BCUT2D eigenvalue weighted by atomic mass is 35.5. The van der Waals surface area contributed by atoms with Gasteiger partial charge in [-0.1, -0.05) is 41.9 Å². The van der Waals surface area contributed by atoms with Crippen LogP contribution in [-0.4, -0.2) is 26.1 Å². The third kappa shape index (κ3) is 4.86. The van der Waals surface area contributed by atoms with Crippen molar-refractivity contribution in [3.05, 3.63) is 81.9 Å². The molecule has 1 heterocycles. The van der Waals surface area contributed by atoms with Crippen LogP contribution in [-0.2, 0) is 6.42 Å². The van der Waals surface area contributed by atoms with Crippen molar-refractivity contribution >= 4 is 17.5 Å². The van der Waals surface area contributed by atoms with E-state index in [1.807, 2.05) is 30.3 Å². The van der Waals surface area contributed by atoms with Gasteiger partial charge in [0.2, 0.25) is 0 Å². The third-order valence-corrected chi connectivity index (χ3v) is 5.73. The molecule has 1 unspecified atom stereocenters. The standard InChI is InChI=1S/C25H22ClF2NO3.CH5N/c1-13(2)29-25(30)15-9-10-18(31-3)24(28)22(15)21-16-11-19(14-7-5-4-6-8-14)32-20(16)12-17(27)23(21)26;1-2/h4-10,12-13,19H,11H2,1-3H3,(H,29,30);2H2,1H3. The van der Waals surface area contributed by atoms with Gasteiger partial charge in [0.25, 0.3) is 5.91 Å². The van der Waals surface area contributed by atoms with Crippen molar-refractivity contribution in [2.24, 2.45) is 5.73 Å². The van der Waals surface area contributed by atoms with Crippen molar-refractivity contribution in [2.75, 3.05) is 14.2 Å². The van der Waals surface area contributed by atoms with Gasteiger partial charge >= 0.3 is 0 Å². The minimum absolute atomic E-state index is 0.0369. The Bertz CT molecular complexity index is 1190. The minimum atomic E-state index is -0.790. The summed E-state index contributed by atoms with van der Waals surface area (Å²) in [6, 6.07) is 13.3. The first kappa shape index (κ1) is 25.5. The van der Waals surface area contributed by atoms with Gasteiger partial charge < -0.3 is 20.5 Å². The van der Waals surface area contributed by atoms with Gasteiger partial charge in [-0.3, -0.25) is 4.79 Å². The fourth-order valence-corrected chi connectivity index (χ4v) is 4.19. The average Bonchev–Trinajstić information content (AvgIpc) is 3.25. The molecule has 0 spiro atoms. The first-order valence-corrected chi connectivity index (χ1v) is 11.2. The smallest absolute Gasteiger partial charge is 0.252 e. The normalized spacial score (nSPS) is 14.1. The lowest BCUT2D eigenvalue weighted by molar-refractivity contribution is 0.0943. The van der Waals surface area contributed by atoms with Crippen LogP contribution < -0.4 is 20.5 Å². The van der Waals surface area contributed by atoms with Gasteiger partial charge in [0.15, 0.2) is 11.6 Å². The van der Waals surface area contributed by atoms with Crippen molar-refractivity contribution in [2.45, 2.75) is 32.4 Å². The molecule has 3 aromatic carbocycles. The highest BCUT2D eigenvalue weighted by Gasteiger charge is 2.33. The topological polar surface area (TPSA) is 73.6 Å². The molecular weight excluding hydrogens is 462 g/mol. The molecule has 0 bridgehead atoms. The van der Waals surface area contributed by atoms with Crippen LogP contribution in [0.15, 0.2) is 48.5 Å². The summed E-state index contributed by atoms with van der Waals surface area (Å²) in [4.78, 5) is 12.9. The van der Waals surface area contributed by atoms with E-state index in [0.29, 0.717) is 12.0 Å². The SMILES string of the molecule is CN.COc1ccc(C(=O)NC(C)C)c(-c2c(Cl)c(F)cc3c2CC(c2ccccc2)O3)c1F. The molecule has 4 rings (SSSR count). The number of halogens is 3. The molecule has 0 saturated carbocycles. The maximum Gasteiger partial charge on any atom is 0.252 e. The number of carbonyl (C=O) groups is 1. The van der Waals surface area contributed by atoms with Gasteiger partial charge in [0.05, 0.1) is 17.7 Å². The van der Waals surface area contributed by atoms with E-state index in [1.54, 1.807) is 13.8 Å². The Hall–Kier alpha value is -3.16. The molecule has 180 valence electrons. The number of amides is 1. The van der Waals surface area contributed by atoms with Gasteiger partial charge in [-0.05, 0) is 38.6 Å². The molecule has 0 radical (unpaired) electrons. The summed E-state index contributed by atoms with van der Waals surface area (Å²) < 4.78 is 41.6. The molecule has 34 heavy (non-hydrogen) atoms. The molecule has 0 saturated heterocycles. The second-order valence-electron chi connectivity index (χ2n) is 7.88. The highest BCUT2D eigenvalue weighted by Crippen LogP contribution is 2.48. The molecule has 5 nitrogen and oxygen atoms in total. The van der Waals surface area contributed by atoms with E-state index in [0.717, 1.165) is 5.56 Å². The summed E-state index contributed by atoms with van der Waals surface area (Å²) in [5.74, 6) is -1.85. The van der Waals surface area contributed by atoms with Gasteiger partial charge in [0.1, 0.15) is 17.7 Å². The quantitative estimate of drug-likeness (QED) is 0.484. The summed E-state index contributed by atoms with van der Waals surface area (Å²) in [6.45, 7) is 3.59. The van der Waals surface area contributed by atoms with Crippen molar-refractivity contribution in [1.82, 2.24) is 5.32 Å². The van der Waals surface area contributed by atoms with E-state index in [1.165, 1.54) is 32.4 Å². The van der Waals surface area contributed by atoms with Crippen molar-refractivity contribution in [3.8, 4) is 22.6 Å². The Balaban J connectivity index is 0.00000158. The average molecular weight is 489 g/mol. The predicted molar refractivity (Wildman–Crippen MR) is 130 cm³/mol. The van der Waals surface area contributed by atoms with Crippen molar-refractivity contribution in [1.29, 1.82) is 0 Å². The maximum absolute atomic E-state index is 15.6. The van der Waals surface area contributed by atoms with Crippen LogP contribution in [0.5, 0.6) is 11.5 Å². The lowest BCUT2D eigenvalue weighted by atomic mass is 9.91. The third-order valence-electron chi connectivity index (χ3n) is 5.36. The Morgan fingerprint density at radius 2 is 1.82 bits per heavy atom. The number of methoxy groups -OCH3 is 1. The Labute approximate surface area is 202 Å². The molecular formula is C26H27ClF2N2O3. The van der Waals surface area contributed by atoms with E-state index in [4.69, 9.17) is 21.1 Å². The van der Waals surface area contributed by atoms with Crippen LogP contribution in [0.1, 0.15) is 41.4 Å². The van der Waals surface area contributed by atoms with E-state index >= 15 is 4.39 Å². The van der Waals surface area contributed by atoms with E-state index in [9.17, 15) is 9.18 Å². The largest absolute Gasteiger partial charge is 0.494 e. The molecule has 0 aromatic heterocycles. The summed E-state index contributed by atoms with van der Waals surface area (Å²) in [5.41, 5.74) is 5.96. The summed E-state index contributed by atoms with van der Waals surface area (Å²) in [7, 11) is 2.82. The molecule has 1 atom stereocenters. The van der Waals surface area contributed by atoms with Crippen LogP contribution in [0.2, 0.25) is 5.02 Å². The van der Waals surface area contributed by atoms with Crippen LogP contribution in [0.3, 0.4) is 0 Å². The lowest BCUT2D eigenvalue weighted by Gasteiger charge is -2.18. The molecule has 1 amide bonds. The number of hydrogen-bond acceptors (Lipinski definition) is 4. The summed E-state index contributed by atoms with van der Waals surface area (Å²) in [6.07, 6.45) is -0.0410. The summed E-state index contributed by atoms with van der Waals surface area (Å²) >= 11 is 6.39. The molecule has 1 aliphatic heterocycles. The van der Waals surface area contributed by atoms with Crippen molar-refractivity contribution < 1.29 is 23.0 Å². The van der Waals surface area contributed by atoms with Gasteiger partial charge in [-0.25, -0.2) is 8.78 Å². The fraction of sp³-hybridized carbons (Fsp3) is 0.269. The van der Waals surface area contributed by atoms with E-state index in [2.05, 4.69) is 11.1 Å². The molecule has 3 aromatic rings.